The number of amides is 1. The summed E-state index contributed by atoms with van der Waals surface area (Å²) in [6.07, 6.45) is 0.634. The van der Waals surface area contributed by atoms with Crippen molar-refractivity contribution in [1.29, 1.82) is 0 Å². The van der Waals surface area contributed by atoms with E-state index in [1.54, 1.807) is 0 Å². The monoisotopic (exact) mass is 327 g/mol. The largest absolute Gasteiger partial charge is 0.480 e. The second-order valence-electron chi connectivity index (χ2n) is 5.51. The SMILES string of the molecule is N[C@H](Cc1ccccc1)C(=O)NN[C@H](Cc1ccccc1)C(=O)O. The van der Waals surface area contributed by atoms with Gasteiger partial charge in [-0.25, -0.2) is 5.43 Å². The molecule has 6 heteroatoms. The zero-order valence-electron chi connectivity index (χ0n) is 13.2. The summed E-state index contributed by atoms with van der Waals surface area (Å²) < 4.78 is 0. The van der Waals surface area contributed by atoms with Crippen molar-refractivity contribution in [2.24, 2.45) is 5.73 Å². The molecular formula is C18H21N3O3. The number of carboxylic acid groups (broad SMARTS) is 1. The van der Waals surface area contributed by atoms with Crippen LogP contribution in [0.15, 0.2) is 60.7 Å². The Morgan fingerprint density at radius 3 is 1.92 bits per heavy atom. The van der Waals surface area contributed by atoms with Crippen LogP contribution >= 0.6 is 0 Å². The molecular weight excluding hydrogens is 306 g/mol. The molecule has 0 aliphatic carbocycles. The number of nitrogens with two attached hydrogens (primary N) is 1. The number of carboxylic acids is 1. The van der Waals surface area contributed by atoms with Crippen LogP contribution in [-0.4, -0.2) is 29.1 Å². The molecule has 0 bridgehead atoms. The molecule has 0 aromatic heterocycles. The lowest BCUT2D eigenvalue weighted by molar-refractivity contribution is -0.140. The average Bonchev–Trinajstić information content (AvgIpc) is 2.59. The summed E-state index contributed by atoms with van der Waals surface area (Å²) in [6.45, 7) is 0. The van der Waals surface area contributed by atoms with Crippen molar-refractivity contribution in [3.63, 3.8) is 0 Å². The minimum atomic E-state index is -1.05. The van der Waals surface area contributed by atoms with Gasteiger partial charge >= 0.3 is 5.97 Å². The van der Waals surface area contributed by atoms with Gasteiger partial charge in [0.25, 0.3) is 5.91 Å². The first-order valence-electron chi connectivity index (χ1n) is 7.68. The highest BCUT2D eigenvalue weighted by molar-refractivity contribution is 5.82. The molecule has 2 aromatic carbocycles. The van der Waals surface area contributed by atoms with Gasteiger partial charge in [-0.3, -0.25) is 15.0 Å². The van der Waals surface area contributed by atoms with E-state index in [-0.39, 0.29) is 6.42 Å². The van der Waals surface area contributed by atoms with Crippen LogP contribution in [0.25, 0.3) is 0 Å². The number of hydrogen-bond acceptors (Lipinski definition) is 4. The molecule has 126 valence electrons. The molecule has 6 nitrogen and oxygen atoms in total. The van der Waals surface area contributed by atoms with Crippen LogP contribution in [0.4, 0.5) is 0 Å². The maximum absolute atomic E-state index is 12.0. The van der Waals surface area contributed by atoms with E-state index in [1.807, 2.05) is 60.7 Å². The lowest BCUT2D eigenvalue weighted by Gasteiger charge is -2.18. The molecule has 5 N–H and O–H groups in total. The number of benzene rings is 2. The van der Waals surface area contributed by atoms with Crippen molar-refractivity contribution in [3.8, 4) is 0 Å². The maximum Gasteiger partial charge on any atom is 0.322 e. The average molecular weight is 327 g/mol. The second-order valence-corrected chi connectivity index (χ2v) is 5.51. The number of carbonyl (C=O) groups is 2. The fourth-order valence-corrected chi connectivity index (χ4v) is 2.26. The van der Waals surface area contributed by atoms with Crippen molar-refractivity contribution in [2.45, 2.75) is 24.9 Å². The highest BCUT2D eigenvalue weighted by Crippen LogP contribution is 2.04. The van der Waals surface area contributed by atoms with E-state index in [0.717, 1.165) is 11.1 Å². The fraction of sp³-hybridized carbons (Fsp3) is 0.222. The fourth-order valence-electron chi connectivity index (χ4n) is 2.26. The molecule has 0 unspecified atom stereocenters. The molecule has 0 saturated heterocycles. The predicted octanol–water partition coefficient (Wildman–Crippen LogP) is 0.873. The Balaban J connectivity index is 1.86. The molecule has 0 saturated carbocycles. The number of hydrazine groups is 1. The van der Waals surface area contributed by atoms with E-state index >= 15 is 0 Å². The van der Waals surface area contributed by atoms with E-state index in [1.165, 1.54) is 0 Å². The van der Waals surface area contributed by atoms with Crippen molar-refractivity contribution in [2.75, 3.05) is 0 Å². The number of nitrogens with one attached hydrogen (secondary N) is 2. The standard InChI is InChI=1S/C18H21N3O3/c19-15(11-13-7-3-1-4-8-13)17(22)21-20-16(18(23)24)12-14-9-5-2-6-10-14/h1-10,15-16,20H,11-12,19H2,(H,21,22)(H,23,24)/t15-,16-/m1/s1. The van der Waals surface area contributed by atoms with Crippen LogP contribution in [-0.2, 0) is 22.4 Å². The summed E-state index contributed by atoms with van der Waals surface area (Å²) in [5.41, 5.74) is 12.6. The molecule has 2 rings (SSSR count). The molecule has 0 spiro atoms. The van der Waals surface area contributed by atoms with Gasteiger partial charge in [-0.2, -0.15) is 0 Å². The van der Waals surface area contributed by atoms with Gasteiger partial charge in [-0.1, -0.05) is 60.7 Å². The molecule has 0 aliphatic heterocycles. The van der Waals surface area contributed by atoms with Gasteiger partial charge in [0, 0.05) is 6.42 Å². The highest BCUT2D eigenvalue weighted by Gasteiger charge is 2.20. The maximum atomic E-state index is 12.0. The molecule has 2 atom stereocenters. The summed E-state index contributed by atoms with van der Waals surface area (Å²) in [5, 5.41) is 9.28. The molecule has 0 radical (unpaired) electrons. The quantitative estimate of drug-likeness (QED) is 0.539. The highest BCUT2D eigenvalue weighted by atomic mass is 16.4. The zero-order chi connectivity index (χ0) is 17.4. The summed E-state index contributed by atoms with van der Waals surface area (Å²) in [5.74, 6) is -1.49. The minimum Gasteiger partial charge on any atom is -0.480 e. The van der Waals surface area contributed by atoms with Gasteiger partial charge in [0.05, 0.1) is 6.04 Å². The molecule has 2 aromatic rings. The Kier molecular flexibility index (Phi) is 6.48. The Labute approximate surface area is 140 Å². The third-order valence-electron chi connectivity index (χ3n) is 3.59. The number of rotatable bonds is 8. The van der Waals surface area contributed by atoms with Crippen LogP contribution in [0.3, 0.4) is 0 Å². The van der Waals surface area contributed by atoms with Gasteiger partial charge in [0.1, 0.15) is 6.04 Å². The van der Waals surface area contributed by atoms with E-state index in [0.29, 0.717) is 6.42 Å². The molecule has 1 amide bonds. The summed E-state index contributed by atoms with van der Waals surface area (Å²) >= 11 is 0. The van der Waals surface area contributed by atoms with Crippen LogP contribution in [0, 0.1) is 0 Å². The van der Waals surface area contributed by atoms with Crippen LogP contribution in [0.1, 0.15) is 11.1 Å². The first-order valence-corrected chi connectivity index (χ1v) is 7.68. The Bertz CT molecular complexity index is 662. The van der Waals surface area contributed by atoms with Gasteiger partial charge < -0.3 is 10.8 Å². The predicted molar refractivity (Wildman–Crippen MR) is 91.0 cm³/mol. The molecule has 0 fully saturated rings. The summed E-state index contributed by atoms with van der Waals surface area (Å²) in [4.78, 5) is 23.4. The van der Waals surface area contributed by atoms with E-state index in [2.05, 4.69) is 10.9 Å². The minimum absolute atomic E-state index is 0.254. The topological polar surface area (TPSA) is 104 Å². The lowest BCUT2D eigenvalue weighted by atomic mass is 10.1. The van der Waals surface area contributed by atoms with Gasteiger partial charge in [-0.05, 0) is 17.5 Å². The Morgan fingerprint density at radius 2 is 1.42 bits per heavy atom. The first-order chi connectivity index (χ1) is 11.6. The number of hydrogen-bond donors (Lipinski definition) is 4. The molecule has 0 heterocycles. The number of carbonyl (C=O) groups excluding carboxylic acids is 1. The summed E-state index contributed by atoms with van der Waals surface area (Å²) in [7, 11) is 0. The second kappa shape index (κ2) is 8.81. The third kappa shape index (κ3) is 5.49. The smallest absolute Gasteiger partial charge is 0.322 e. The molecule has 24 heavy (non-hydrogen) atoms. The number of aliphatic carboxylic acids is 1. The third-order valence-corrected chi connectivity index (χ3v) is 3.59. The van der Waals surface area contributed by atoms with Crippen molar-refractivity contribution >= 4 is 11.9 Å². The van der Waals surface area contributed by atoms with Crippen LogP contribution in [0.5, 0.6) is 0 Å². The van der Waals surface area contributed by atoms with Gasteiger partial charge in [0.15, 0.2) is 0 Å². The van der Waals surface area contributed by atoms with Crippen molar-refractivity contribution < 1.29 is 14.7 Å². The van der Waals surface area contributed by atoms with E-state index in [9.17, 15) is 14.7 Å². The zero-order valence-corrected chi connectivity index (χ0v) is 13.2. The lowest BCUT2D eigenvalue weighted by Crippen LogP contribution is -2.54. The normalized spacial score (nSPS) is 13.0. The Morgan fingerprint density at radius 1 is 0.917 bits per heavy atom. The van der Waals surface area contributed by atoms with Gasteiger partial charge in [0.2, 0.25) is 0 Å². The van der Waals surface area contributed by atoms with Crippen molar-refractivity contribution in [3.05, 3.63) is 71.8 Å². The summed E-state index contributed by atoms with van der Waals surface area (Å²) in [6, 6.07) is 16.9. The van der Waals surface area contributed by atoms with Crippen molar-refractivity contribution in [1.82, 2.24) is 10.9 Å². The van der Waals surface area contributed by atoms with Gasteiger partial charge in [-0.15, -0.1) is 0 Å². The molecule has 0 aliphatic rings. The van der Waals surface area contributed by atoms with Crippen LogP contribution < -0.4 is 16.6 Å². The van der Waals surface area contributed by atoms with E-state index < -0.39 is 24.0 Å². The van der Waals surface area contributed by atoms with E-state index in [4.69, 9.17) is 5.73 Å². The first kappa shape index (κ1) is 17.7. The Hall–Kier alpha value is -2.70. The van der Waals surface area contributed by atoms with Crippen LogP contribution in [0.2, 0.25) is 0 Å².